The van der Waals surface area contributed by atoms with Gasteiger partial charge in [-0.2, -0.15) is 0 Å². The lowest BCUT2D eigenvalue weighted by molar-refractivity contribution is -0.129. The largest absolute Gasteiger partial charge is 0.380 e. The SMILES string of the molecule is CC1COCC(Br)C1=O.CC1COCCC1=O. The molecule has 0 bridgehead atoms. The third-order valence-corrected chi connectivity index (χ3v) is 3.55. The van der Waals surface area contributed by atoms with Crippen LogP contribution in [-0.4, -0.2) is 42.8 Å². The molecule has 2 aliphatic rings. The van der Waals surface area contributed by atoms with Crippen LogP contribution in [0.25, 0.3) is 0 Å². The highest BCUT2D eigenvalue weighted by Gasteiger charge is 2.26. The van der Waals surface area contributed by atoms with E-state index in [0.717, 1.165) is 0 Å². The summed E-state index contributed by atoms with van der Waals surface area (Å²) in [6.45, 7) is 6.16. The average molecular weight is 307 g/mol. The molecule has 4 nitrogen and oxygen atoms in total. The van der Waals surface area contributed by atoms with E-state index in [1.54, 1.807) is 0 Å². The van der Waals surface area contributed by atoms with Gasteiger partial charge in [0.2, 0.25) is 0 Å². The zero-order valence-electron chi connectivity index (χ0n) is 10.3. The van der Waals surface area contributed by atoms with Crippen LogP contribution in [-0.2, 0) is 19.1 Å². The number of halogens is 1. The van der Waals surface area contributed by atoms with Gasteiger partial charge in [0.1, 0.15) is 5.78 Å². The van der Waals surface area contributed by atoms with Gasteiger partial charge in [0, 0.05) is 18.3 Å². The van der Waals surface area contributed by atoms with Crippen LogP contribution in [0.4, 0.5) is 0 Å². The Hall–Kier alpha value is -0.260. The van der Waals surface area contributed by atoms with Crippen molar-refractivity contribution < 1.29 is 19.1 Å². The van der Waals surface area contributed by atoms with Crippen LogP contribution in [0.15, 0.2) is 0 Å². The first-order chi connectivity index (χ1) is 8.02. The molecule has 98 valence electrons. The molecule has 2 saturated heterocycles. The van der Waals surface area contributed by atoms with Crippen LogP contribution < -0.4 is 0 Å². The summed E-state index contributed by atoms with van der Waals surface area (Å²) in [5.41, 5.74) is 0. The lowest BCUT2D eigenvalue weighted by atomic mass is 10.0. The number of alkyl halides is 1. The van der Waals surface area contributed by atoms with Crippen molar-refractivity contribution in [3.05, 3.63) is 0 Å². The molecular weight excluding hydrogens is 288 g/mol. The maximum Gasteiger partial charge on any atom is 0.153 e. The fraction of sp³-hybridized carbons (Fsp3) is 0.833. The number of ether oxygens (including phenoxy) is 2. The quantitative estimate of drug-likeness (QED) is 0.638. The van der Waals surface area contributed by atoms with E-state index >= 15 is 0 Å². The zero-order chi connectivity index (χ0) is 12.8. The Balaban J connectivity index is 0.000000171. The third kappa shape index (κ3) is 4.85. The molecule has 0 aromatic heterocycles. The topological polar surface area (TPSA) is 52.6 Å². The van der Waals surface area contributed by atoms with E-state index in [0.29, 0.717) is 38.6 Å². The van der Waals surface area contributed by atoms with Crippen molar-refractivity contribution >= 4 is 27.5 Å². The van der Waals surface area contributed by atoms with Crippen LogP contribution in [0.5, 0.6) is 0 Å². The molecule has 0 radical (unpaired) electrons. The Labute approximate surface area is 110 Å². The van der Waals surface area contributed by atoms with Crippen molar-refractivity contribution in [1.82, 2.24) is 0 Å². The van der Waals surface area contributed by atoms with Gasteiger partial charge in [-0.15, -0.1) is 0 Å². The molecule has 0 spiro atoms. The molecule has 17 heavy (non-hydrogen) atoms. The van der Waals surface area contributed by atoms with E-state index < -0.39 is 0 Å². The van der Waals surface area contributed by atoms with Crippen molar-refractivity contribution in [3.63, 3.8) is 0 Å². The third-order valence-electron chi connectivity index (χ3n) is 2.84. The van der Waals surface area contributed by atoms with E-state index in [4.69, 9.17) is 9.47 Å². The van der Waals surface area contributed by atoms with Crippen LogP contribution in [0, 0.1) is 11.8 Å². The van der Waals surface area contributed by atoms with Crippen molar-refractivity contribution in [2.45, 2.75) is 25.1 Å². The summed E-state index contributed by atoms with van der Waals surface area (Å²) in [4.78, 5) is 21.6. The second kappa shape index (κ2) is 7.24. The van der Waals surface area contributed by atoms with E-state index in [1.807, 2.05) is 13.8 Å². The number of carbonyl (C=O) groups is 2. The molecule has 3 atom stereocenters. The summed E-state index contributed by atoms with van der Waals surface area (Å²) >= 11 is 3.22. The molecular formula is C12H19BrO4. The fourth-order valence-electron chi connectivity index (χ4n) is 1.59. The highest BCUT2D eigenvalue weighted by molar-refractivity contribution is 9.10. The molecule has 2 heterocycles. The van der Waals surface area contributed by atoms with Gasteiger partial charge >= 0.3 is 0 Å². The highest BCUT2D eigenvalue weighted by atomic mass is 79.9. The molecule has 0 aromatic carbocycles. The average Bonchev–Trinajstić information content (AvgIpc) is 2.31. The summed E-state index contributed by atoms with van der Waals surface area (Å²) in [7, 11) is 0. The Morgan fingerprint density at radius 3 is 2.12 bits per heavy atom. The molecule has 0 N–H and O–H groups in total. The molecule has 2 aliphatic heterocycles. The standard InChI is InChI=1S/C6H9BrO2.C6H10O2/c1-4-2-9-3-5(7)6(4)8;1-5-4-8-3-2-6(5)7/h4-5H,2-3H2,1H3;5H,2-4H2,1H3. The van der Waals surface area contributed by atoms with Crippen molar-refractivity contribution in [2.24, 2.45) is 11.8 Å². The summed E-state index contributed by atoms with van der Waals surface area (Å²) in [6.07, 6.45) is 0.612. The molecule has 0 amide bonds. The first kappa shape index (κ1) is 14.8. The first-order valence-electron chi connectivity index (χ1n) is 5.88. The summed E-state index contributed by atoms with van der Waals surface area (Å²) in [6, 6.07) is 0. The van der Waals surface area contributed by atoms with Gasteiger partial charge < -0.3 is 9.47 Å². The number of ketones is 2. The fourth-order valence-corrected chi connectivity index (χ4v) is 2.23. The van der Waals surface area contributed by atoms with Crippen molar-refractivity contribution in [3.8, 4) is 0 Å². The van der Waals surface area contributed by atoms with Crippen LogP contribution in [0.2, 0.25) is 0 Å². The van der Waals surface area contributed by atoms with Crippen molar-refractivity contribution in [2.75, 3.05) is 26.4 Å². The predicted molar refractivity (Wildman–Crippen MR) is 67.3 cm³/mol. The van der Waals surface area contributed by atoms with E-state index in [1.165, 1.54) is 0 Å². The molecule has 2 rings (SSSR count). The number of Topliss-reactive ketones (excluding diaryl/α,β-unsaturated/α-hetero) is 2. The number of hydrogen-bond acceptors (Lipinski definition) is 4. The number of hydrogen-bond donors (Lipinski definition) is 0. The smallest absolute Gasteiger partial charge is 0.153 e. The van der Waals surface area contributed by atoms with Gasteiger partial charge in [-0.25, -0.2) is 0 Å². The summed E-state index contributed by atoms with van der Waals surface area (Å²) in [5.74, 6) is 0.823. The van der Waals surface area contributed by atoms with Gasteiger partial charge in [-0.3, -0.25) is 9.59 Å². The van der Waals surface area contributed by atoms with Crippen molar-refractivity contribution in [1.29, 1.82) is 0 Å². The number of carbonyl (C=O) groups excluding carboxylic acids is 2. The molecule has 0 saturated carbocycles. The second-order valence-corrected chi connectivity index (χ2v) is 5.61. The Morgan fingerprint density at radius 2 is 1.71 bits per heavy atom. The van der Waals surface area contributed by atoms with Crippen LogP contribution in [0.1, 0.15) is 20.3 Å². The van der Waals surface area contributed by atoms with Gasteiger partial charge in [0.15, 0.2) is 5.78 Å². The minimum atomic E-state index is -0.0683. The minimum Gasteiger partial charge on any atom is -0.380 e. The molecule has 0 aliphatic carbocycles. The maximum absolute atomic E-state index is 11.0. The Kier molecular flexibility index (Phi) is 6.30. The van der Waals surface area contributed by atoms with E-state index in [-0.39, 0.29) is 22.4 Å². The normalized spacial score (nSPS) is 33.9. The molecule has 2 fully saturated rings. The zero-order valence-corrected chi connectivity index (χ0v) is 11.9. The first-order valence-corrected chi connectivity index (χ1v) is 6.80. The minimum absolute atomic E-state index is 0.0683. The molecule has 3 unspecified atom stereocenters. The Morgan fingerprint density at radius 1 is 1.06 bits per heavy atom. The van der Waals surface area contributed by atoms with Gasteiger partial charge in [-0.1, -0.05) is 29.8 Å². The van der Waals surface area contributed by atoms with Gasteiger partial charge in [0.25, 0.3) is 0 Å². The monoisotopic (exact) mass is 306 g/mol. The number of rotatable bonds is 0. The second-order valence-electron chi connectivity index (χ2n) is 4.50. The van der Waals surface area contributed by atoms with E-state index in [9.17, 15) is 9.59 Å². The van der Waals surface area contributed by atoms with E-state index in [2.05, 4.69) is 15.9 Å². The molecule has 5 heteroatoms. The maximum atomic E-state index is 11.0. The van der Waals surface area contributed by atoms with Gasteiger partial charge in [0.05, 0.1) is 31.3 Å². The summed E-state index contributed by atoms with van der Waals surface area (Å²) < 4.78 is 10.1. The van der Waals surface area contributed by atoms with Gasteiger partial charge in [-0.05, 0) is 0 Å². The lowest BCUT2D eigenvalue weighted by Crippen LogP contribution is -2.34. The lowest BCUT2D eigenvalue weighted by Gasteiger charge is -2.20. The highest BCUT2D eigenvalue weighted by Crippen LogP contribution is 2.15. The predicted octanol–water partition coefficient (Wildman–Crippen LogP) is 1.60. The molecule has 0 aromatic rings. The Bertz CT molecular complexity index is 268. The van der Waals surface area contributed by atoms with Crippen LogP contribution >= 0.6 is 15.9 Å². The summed E-state index contributed by atoms with van der Waals surface area (Å²) in [5, 5.41) is 0. The van der Waals surface area contributed by atoms with Crippen LogP contribution in [0.3, 0.4) is 0 Å².